The lowest BCUT2D eigenvalue weighted by molar-refractivity contribution is 0.455. The molecular formula is C15H19N3. The number of allylic oxidation sites excluding steroid dienone is 1. The largest absolute Gasteiger partial charge is 0.370 e. The van der Waals surface area contributed by atoms with Crippen LogP contribution in [0.4, 0.5) is 5.82 Å². The quantitative estimate of drug-likeness (QED) is 0.776. The molecule has 2 heterocycles. The van der Waals surface area contributed by atoms with Crippen LogP contribution in [0.15, 0.2) is 61.0 Å². The first kappa shape index (κ1) is 12.4. The average molecular weight is 241 g/mol. The highest BCUT2D eigenvalue weighted by atomic mass is 15.1. The fourth-order valence-corrected chi connectivity index (χ4v) is 1.85. The van der Waals surface area contributed by atoms with Gasteiger partial charge >= 0.3 is 0 Å². The fourth-order valence-electron chi connectivity index (χ4n) is 1.85. The number of pyridine rings is 1. The summed E-state index contributed by atoms with van der Waals surface area (Å²) < 4.78 is 0. The number of aromatic nitrogens is 1. The maximum atomic E-state index is 4.23. The average Bonchev–Trinajstić information content (AvgIpc) is 2.42. The van der Waals surface area contributed by atoms with Crippen molar-refractivity contribution in [2.75, 3.05) is 25.0 Å². The van der Waals surface area contributed by atoms with Crippen LogP contribution in [0.2, 0.25) is 0 Å². The normalized spacial score (nSPS) is 14.2. The molecule has 0 bridgehead atoms. The van der Waals surface area contributed by atoms with Gasteiger partial charge in [-0.3, -0.25) is 0 Å². The molecule has 0 spiro atoms. The lowest BCUT2D eigenvalue weighted by atomic mass is 10.1. The standard InChI is InChI=1S/C15H19N3/c1-2-11-18-12-7-14(8-13-18)6-10-17-15-5-3-4-9-16-15/h2-5,7-9,12H,1,6,10-11,13H2,(H,16,17). The summed E-state index contributed by atoms with van der Waals surface area (Å²) in [6.45, 7) is 6.54. The molecule has 1 aromatic heterocycles. The van der Waals surface area contributed by atoms with Crippen LogP contribution in [0.3, 0.4) is 0 Å². The molecule has 1 N–H and O–H groups in total. The van der Waals surface area contributed by atoms with Crippen LogP contribution < -0.4 is 5.32 Å². The van der Waals surface area contributed by atoms with E-state index in [9.17, 15) is 0 Å². The van der Waals surface area contributed by atoms with Gasteiger partial charge < -0.3 is 10.2 Å². The molecule has 0 atom stereocenters. The molecule has 1 aliphatic rings. The van der Waals surface area contributed by atoms with Gasteiger partial charge in [-0.15, -0.1) is 6.58 Å². The van der Waals surface area contributed by atoms with Gasteiger partial charge in [-0.25, -0.2) is 4.98 Å². The lowest BCUT2D eigenvalue weighted by Crippen LogP contribution is -2.20. The molecule has 94 valence electrons. The minimum Gasteiger partial charge on any atom is -0.370 e. The van der Waals surface area contributed by atoms with Crippen molar-refractivity contribution >= 4 is 5.82 Å². The minimum atomic E-state index is 0.909. The molecule has 2 rings (SSSR count). The van der Waals surface area contributed by atoms with Gasteiger partial charge in [0.05, 0.1) is 0 Å². The maximum absolute atomic E-state index is 4.23. The van der Waals surface area contributed by atoms with Crippen molar-refractivity contribution in [2.45, 2.75) is 6.42 Å². The number of nitrogens with one attached hydrogen (secondary N) is 1. The molecule has 0 aliphatic carbocycles. The molecular weight excluding hydrogens is 222 g/mol. The highest BCUT2D eigenvalue weighted by molar-refractivity contribution is 5.34. The Kier molecular flexibility index (Phi) is 4.59. The third kappa shape index (κ3) is 3.77. The first-order valence-corrected chi connectivity index (χ1v) is 6.25. The molecule has 0 saturated heterocycles. The van der Waals surface area contributed by atoms with Gasteiger partial charge in [0.2, 0.25) is 0 Å². The van der Waals surface area contributed by atoms with Gasteiger partial charge in [-0.2, -0.15) is 0 Å². The number of rotatable bonds is 6. The smallest absolute Gasteiger partial charge is 0.125 e. The Morgan fingerprint density at radius 1 is 1.44 bits per heavy atom. The molecule has 0 unspecified atom stereocenters. The van der Waals surface area contributed by atoms with E-state index in [4.69, 9.17) is 0 Å². The van der Waals surface area contributed by atoms with Crippen LogP contribution in [-0.2, 0) is 0 Å². The molecule has 1 aromatic rings. The van der Waals surface area contributed by atoms with Crippen molar-refractivity contribution < 1.29 is 0 Å². The predicted molar refractivity (Wildman–Crippen MR) is 76.3 cm³/mol. The summed E-state index contributed by atoms with van der Waals surface area (Å²) in [7, 11) is 0. The SMILES string of the molecule is C=CCN1C=CC(CCNc2ccccn2)=CC1. The Morgan fingerprint density at radius 3 is 3.06 bits per heavy atom. The molecule has 1 aliphatic heterocycles. The number of hydrogen-bond acceptors (Lipinski definition) is 3. The van der Waals surface area contributed by atoms with Crippen molar-refractivity contribution in [3.63, 3.8) is 0 Å². The van der Waals surface area contributed by atoms with E-state index >= 15 is 0 Å². The topological polar surface area (TPSA) is 28.2 Å². The first-order valence-electron chi connectivity index (χ1n) is 6.25. The molecule has 3 nitrogen and oxygen atoms in total. The van der Waals surface area contributed by atoms with Crippen molar-refractivity contribution in [3.8, 4) is 0 Å². The Hall–Kier alpha value is -2.03. The van der Waals surface area contributed by atoms with E-state index in [-0.39, 0.29) is 0 Å². The van der Waals surface area contributed by atoms with Crippen molar-refractivity contribution in [3.05, 3.63) is 61.0 Å². The van der Waals surface area contributed by atoms with E-state index in [2.05, 4.69) is 40.1 Å². The second-order valence-electron chi connectivity index (χ2n) is 4.23. The van der Waals surface area contributed by atoms with Crippen LogP contribution in [0.1, 0.15) is 6.42 Å². The predicted octanol–water partition coefficient (Wildman–Crippen LogP) is 2.83. The number of nitrogens with zero attached hydrogens (tertiary/aromatic N) is 2. The fraction of sp³-hybridized carbons (Fsp3) is 0.267. The van der Waals surface area contributed by atoms with Crippen molar-refractivity contribution in [2.24, 2.45) is 0 Å². The summed E-state index contributed by atoms with van der Waals surface area (Å²) in [5.41, 5.74) is 1.37. The van der Waals surface area contributed by atoms with E-state index in [1.807, 2.05) is 24.3 Å². The summed E-state index contributed by atoms with van der Waals surface area (Å²) in [5, 5.41) is 3.31. The Morgan fingerprint density at radius 2 is 2.39 bits per heavy atom. The lowest BCUT2D eigenvalue weighted by Gasteiger charge is -2.21. The molecule has 0 amide bonds. The molecule has 0 saturated carbocycles. The van der Waals surface area contributed by atoms with Gasteiger partial charge in [0, 0.05) is 25.8 Å². The van der Waals surface area contributed by atoms with E-state index in [0.717, 1.165) is 31.9 Å². The summed E-state index contributed by atoms with van der Waals surface area (Å²) in [5.74, 6) is 0.936. The zero-order chi connectivity index (χ0) is 12.6. The van der Waals surface area contributed by atoms with E-state index in [1.54, 1.807) is 6.20 Å². The third-order valence-electron chi connectivity index (χ3n) is 2.84. The van der Waals surface area contributed by atoms with Crippen molar-refractivity contribution in [1.82, 2.24) is 9.88 Å². The van der Waals surface area contributed by atoms with Crippen LogP contribution in [0, 0.1) is 0 Å². The van der Waals surface area contributed by atoms with Gasteiger partial charge in [-0.1, -0.05) is 18.2 Å². The van der Waals surface area contributed by atoms with E-state index in [0.29, 0.717) is 0 Å². The zero-order valence-electron chi connectivity index (χ0n) is 10.5. The second-order valence-corrected chi connectivity index (χ2v) is 4.23. The molecule has 18 heavy (non-hydrogen) atoms. The van der Waals surface area contributed by atoms with Gasteiger partial charge in [-0.05, 0) is 36.4 Å². The van der Waals surface area contributed by atoms with Crippen LogP contribution in [0.25, 0.3) is 0 Å². The zero-order valence-corrected chi connectivity index (χ0v) is 10.5. The highest BCUT2D eigenvalue weighted by Crippen LogP contribution is 2.11. The Labute approximate surface area is 109 Å². The number of anilines is 1. The monoisotopic (exact) mass is 241 g/mol. The summed E-state index contributed by atoms with van der Waals surface area (Å²) in [6.07, 6.45) is 11.3. The molecule has 0 fully saturated rings. The summed E-state index contributed by atoms with van der Waals surface area (Å²) in [4.78, 5) is 6.45. The Balaban J connectivity index is 1.72. The van der Waals surface area contributed by atoms with Crippen LogP contribution >= 0.6 is 0 Å². The first-order chi connectivity index (χ1) is 8.88. The Bertz CT molecular complexity index is 434. The van der Waals surface area contributed by atoms with Gasteiger partial charge in [0.1, 0.15) is 5.82 Å². The second kappa shape index (κ2) is 6.64. The number of hydrogen-bond donors (Lipinski definition) is 1. The summed E-state index contributed by atoms with van der Waals surface area (Å²) in [6, 6.07) is 5.89. The van der Waals surface area contributed by atoms with E-state index in [1.165, 1.54) is 5.57 Å². The summed E-state index contributed by atoms with van der Waals surface area (Å²) >= 11 is 0. The van der Waals surface area contributed by atoms with Crippen LogP contribution in [0.5, 0.6) is 0 Å². The maximum Gasteiger partial charge on any atom is 0.125 e. The molecule has 0 radical (unpaired) electrons. The minimum absolute atomic E-state index is 0.909. The third-order valence-corrected chi connectivity index (χ3v) is 2.84. The van der Waals surface area contributed by atoms with Crippen molar-refractivity contribution in [1.29, 1.82) is 0 Å². The highest BCUT2D eigenvalue weighted by Gasteiger charge is 2.02. The molecule has 3 heteroatoms. The van der Waals surface area contributed by atoms with Gasteiger partial charge in [0.25, 0.3) is 0 Å². The van der Waals surface area contributed by atoms with Gasteiger partial charge in [0.15, 0.2) is 0 Å². The van der Waals surface area contributed by atoms with E-state index < -0.39 is 0 Å². The molecule has 0 aromatic carbocycles. The van der Waals surface area contributed by atoms with Crippen LogP contribution in [-0.4, -0.2) is 29.5 Å².